The first-order valence-corrected chi connectivity index (χ1v) is 7.18. The minimum Gasteiger partial charge on any atom is -0.206 e. The van der Waals surface area contributed by atoms with Gasteiger partial charge in [-0.3, -0.25) is 0 Å². The molecule has 128 valence electrons. The molecule has 0 nitrogen and oxygen atoms in total. The molecule has 0 atom stereocenters. The Morgan fingerprint density at radius 3 is 1.60 bits per heavy atom. The van der Waals surface area contributed by atoms with Crippen LogP contribution in [0, 0.1) is 41.8 Å². The van der Waals surface area contributed by atoms with Crippen LogP contribution < -0.4 is 0 Å². The molecule has 0 radical (unpaired) electrons. The number of halogens is 6. The zero-order valence-corrected chi connectivity index (χ0v) is 12.8. The molecule has 3 rings (SSSR count). The molecule has 0 bridgehead atoms. The number of hydrogen-bond donors (Lipinski definition) is 0. The SMILES string of the molecule is Cc1cc(F)c(-c2ccc(-c3cc(F)c(F)c(F)c3)c(F)c2)c(F)c1. The highest BCUT2D eigenvalue weighted by Crippen LogP contribution is 2.32. The number of hydrogen-bond acceptors (Lipinski definition) is 0. The first-order chi connectivity index (χ1) is 11.8. The second kappa shape index (κ2) is 6.27. The van der Waals surface area contributed by atoms with Gasteiger partial charge in [-0.2, -0.15) is 0 Å². The van der Waals surface area contributed by atoms with Crippen LogP contribution in [-0.4, -0.2) is 0 Å². The fourth-order valence-electron chi connectivity index (χ4n) is 2.59. The van der Waals surface area contributed by atoms with Gasteiger partial charge in [0, 0.05) is 5.56 Å². The molecular weight excluding hydrogens is 342 g/mol. The van der Waals surface area contributed by atoms with E-state index in [4.69, 9.17) is 0 Å². The Balaban J connectivity index is 2.12. The highest BCUT2D eigenvalue weighted by molar-refractivity contribution is 5.72. The molecule has 0 aromatic heterocycles. The standard InChI is InChI=1S/C19H10F6/c1-9-4-14(21)18(15(22)5-9)10-2-3-12(13(20)6-10)11-7-16(23)19(25)17(24)8-11/h2-8H,1H3. The molecule has 6 heteroatoms. The maximum Gasteiger partial charge on any atom is 0.194 e. The van der Waals surface area contributed by atoms with E-state index < -0.39 is 40.5 Å². The quantitative estimate of drug-likeness (QED) is 0.382. The molecule has 0 saturated carbocycles. The summed E-state index contributed by atoms with van der Waals surface area (Å²) in [6.45, 7) is 1.51. The molecule has 0 N–H and O–H groups in total. The predicted octanol–water partition coefficient (Wildman–Crippen LogP) is 6.16. The van der Waals surface area contributed by atoms with Gasteiger partial charge < -0.3 is 0 Å². The van der Waals surface area contributed by atoms with Gasteiger partial charge in [-0.25, -0.2) is 26.3 Å². The Morgan fingerprint density at radius 1 is 0.560 bits per heavy atom. The minimum absolute atomic E-state index is 0.0701. The minimum atomic E-state index is -1.66. The normalized spacial score (nSPS) is 11.0. The monoisotopic (exact) mass is 352 g/mol. The maximum atomic E-state index is 14.3. The largest absolute Gasteiger partial charge is 0.206 e. The number of benzene rings is 3. The van der Waals surface area contributed by atoms with Gasteiger partial charge in [-0.15, -0.1) is 0 Å². The summed E-state index contributed by atoms with van der Waals surface area (Å²) in [4.78, 5) is 0. The van der Waals surface area contributed by atoms with Crippen molar-refractivity contribution in [2.24, 2.45) is 0 Å². The lowest BCUT2D eigenvalue weighted by Crippen LogP contribution is -1.95. The van der Waals surface area contributed by atoms with Crippen LogP contribution in [0.15, 0.2) is 42.5 Å². The van der Waals surface area contributed by atoms with Gasteiger partial charge in [0.25, 0.3) is 0 Å². The van der Waals surface area contributed by atoms with Gasteiger partial charge in [-0.1, -0.05) is 12.1 Å². The van der Waals surface area contributed by atoms with Crippen molar-refractivity contribution in [3.63, 3.8) is 0 Å². The van der Waals surface area contributed by atoms with Gasteiger partial charge in [0.2, 0.25) is 0 Å². The Morgan fingerprint density at radius 2 is 1.08 bits per heavy atom. The Hall–Kier alpha value is -2.76. The van der Waals surface area contributed by atoms with Gasteiger partial charge >= 0.3 is 0 Å². The third-order valence-corrected chi connectivity index (χ3v) is 3.74. The number of aryl methyl sites for hydroxylation is 1. The average Bonchev–Trinajstić information content (AvgIpc) is 2.51. The Kier molecular flexibility index (Phi) is 4.29. The molecule has 0 aliphatic heterocycles. The lowest BCUT2D eigenvalue weighted by molar-refractivity contribution is 0.447. The molecule has 0 saturated heterocycles. The van der Waals surface area contributed by atoms with Crippen molar-refractivity contribution in [3.8, 4) is 22.3 Å². The van der Waals surface area contributed by atoms with E-state index in [-0.39, 0.29) is 16.7 Å². The molecular formula is C19H10F6. The molecule has 0 unspecified atom stereocenters. The van der Waals surface area contributed by atoms with Crippen LogP contribution >= 0.6 is 0 Å². The van der Waals surface area contributed by atoms with E-state index in [9.17, 15) is 26.3 Å². The smallest absolute Gasteiger partial charge is 0.194 e. The van der Waals surface area contributed by atoms with Crippen molar-refractivity contribution in [2.45, 2.75) is 6.92 Å². The average molecular weight is 352 g/mol. The molecule has 0 heterocycles. The third-order valence-electron chi connectivity index (χ3n) is 3.74. The van der Waals surface area contributed by atoms with Crippen molar-refractivity contribution < 1.29 is 26.3 Å². The molecule has 0 aliphatic rings. The van der Waals surface area contributed by atoms with Crippen molar-refractivity contribution in [2.75, 3.05) is 0 Å². The number of rotatable bonds is 2. The topological polar surface area (TPSA) is 0 Å². The second-order valence-corrected chi connectivity index (χ2v) is 5.55. The van der Waals surface area contributed by atoms with E-state index >= 15 is 0 Å². The van der Waals surface area contributed by atoms with E-state index in [1.807, 2.05) is 0 Å². The van der Waals surface area contributed by atoms with Crippen LogP contribution in [0.4, 0.5) is 26.3 Å². The highest BCUT2D eigenvalue weighted by atomic mass is 19.2. The fraction of sp³-hybridized carbons (Fsp3) is 0.0526. The lowest BCUT2D eigenvalue weighted by Gasteiger charge is -2.10. The molecule has 3 aromatic rings. The van der Waals surface area contributed by atoms with Crippen molar-refractivity contribution in [3.05, 3.63) is 82.9 Å². The lowest BCUT2D eigenvalue weighted by atomic mass is 9.98. The molecule has 0 aliphatic carbocycles. The van der Waals surface area contributed by atoms with Crippen molar-refractivity contribution in [1.82, 2.24) is 0 Å². The van der Waals surface area contributed by atoms with Crippen LogP contribution in [0.2, 0.25) is 0 Å². The van der Waals surface area contributed by atoms with E-state index in [0.29, 0.717) is 17.7 Å². The molecule has 25 heavy (non-hydrogen) atoms. The molecule has 0 amide bonds. The fourth-order valence-corrected chi connectivity index (χ4v) is 2.59. The Bertz CT molecular complexity index is 932. The van der Waals surface area contributed by atoms with Gasteiger partial charge in [-0.05, 0) is 53.9 Å². The van der Waals surface area contributed by atoms with E-state index in [2.05, 4.69) is 0 Å². The van der Waals surface area contributed by atoms with Gasteiger partial charge in [0.05, 0.1) is 5.56 Å². The molecule has 0 fully saturated rings. The summed E-state index contributed by atoms with van der Waals surface area (Å²) in [7, 11) is 0. The Labute approximate surface area is 139 Å². The molecule has 3 aromatic carbocycles. The zero-order valence-electron chi connectivity index (χ0n) is 12.8. The van der Waals surface area contributed by atoms with Crippen LogP contribution in [0.3, 0.4) is 0 Å². The third kappa shape index (κ3) is 3.12. The van der Waals surface area contributed by atoms with Gasteiger partial charge in [0.15, 0.2) is 17.5 Å². The maximum absolute atomic E-state index is 14.3. The molecule has 0 spiro atoms. The first kappa shape index (κ1) is 17.1. The van der Waals surface area contributed by atoms with Crippen LogP contribution in [0.1, 0.15) is 5.56 Å². The van der Waals surface area contributed by atoms with Crippen LogP contribution in [0.5, 0.6) is 0 Å². The summed E-state index contributed by atoms with van der Waals surface area (Å²) in [5, 5.41) is 0. The second-order valence-electron chi connectivity index (χ2n) is 5.55. The van der Waals surface area contributed by atoms with E-state index in [1.165, 1.54) is 13.0 Å². The van der Waals surface area contributed by atoms with Gasteiger partial charge in [0.1, 0.15) is 17.5 Å². The zero-order chi connectivity index (χ0) is 18.3. The highest BCUT2D eigenvalue weighted by Gasteiger charge is 2.17. The van der Waals surface area contributed by atoms with Crippen molar-refractivity contribution in [1.29, 1.82) is 0 Å². The summed E-state index contributed by atoms with van der Waals surface area (Å²) in [5.41, 5.74) is -0.570. The summed E-state index contributed by atoms with van der Waals surface area (Å²) in [6, 6.07) is 6.69. The van der Waals surface area contributed by atoms with Crippen molar-refractivity contribution >= 4 is 0 Å². The van der Waals surface area contributed by atoms with E-state index in [0.717, 1.165) is 24.3 Å². The first-order valence-electron chi connectivity index (χ1n) is 7.18. The van der Waals surface area contributed by atoms with Crippen LogP contribution in [-0.2, 0) is 0 Å². The summed E-state index contributed by atoms with van der Waals surface area (Å²) < 4.78 is 82.0. The summed E-state index contributed by atoms with van der Waals surface area (Å²) in [5.74, 6) is -7.26. The summed E-state index contributed by atoms with van der Waals surface area (Å²) in [6.07, 6.45) is 0. The van der Waals surface area contributed by atoms with E-state index in [1.54, 1.807) is 0 Å². The van der Waals surface area contributed by atoms with Crippen LogP contribution in [0.25, 0.3) is 22.3 Å². The predicted molar refractivity (Wildman–Crippen MR) is 81.8 cm³/mol. The summed E-state index contributed by atoms with van der Waals surface area (Å²) >= 11 is 0.